The second kappa shape index (κ2) is 4.84. The average Bonchev–Trinajstić information content (AvgIpc) is 2.67. The maximum absolute atomic E-state index is 11.1. The van der Waals surface area contributed by atoms with Crippen LogP contribution in [0.25, 0.3) is 11.0 Å². The van der Waals surface area contributed by atoms with Crippen molar-refractivity contribution in [2.75, 3.05) is 0 Å². The molecule has 4 nitrogen and oxygen atoms in total. The summed E-state index contributed by atoms with van der Waals surface area (Å²) in [5.41, 5.74) is 2.10. The Hall–Kier alpha value is -1.42. The topological polar surface area (TPSA) is 58.6 Å². The number of carbonyl (C=O) groups excluding carboxylic acids is 1. The van der Waals surface area contributed by atoms with Gasteiger partial charge in [-0.05, 0) is 12.8 Å². The second-order valence-corrected chi connectivity index (χ2v) is 4.25. The van der Waals surface area contributed by atoms with Crippen molar-refractivity contribution < 1.29 is 4.79 Å². The second-order valence-electron chi connectivity index (χ2n) is 3.89. The fourth-order valence-electron chi connectivity index (χ4n) is 1.91. The first-order valence-electron chi connectivity index (χ1n) is 5.73. The number of hydrogen-bond acceptors (Lipinski definition) is 3. The third-order valence-electron chi connectivity index (χ3n) is 2.72. The molecule has 17 heavy (non-hydrogen) atoms. The molecule has 5 heteroatoms. The first-order valence-corrected chi connectivity index (χ1v) is 6.11. The van der Waals surface area contributed by atoms with Crippen molar-refractivity contribution in [2.24, 2.45) is 0 Å². The molecule has 0 bridgehead atoms. The van der Waals surface area contributed by atoms with E-state index in [9.17, 15) is 4.79 Å². The molecule has 0 aliphatic carbocycles. The molecule has 0 amide bonds. The Morgan fingerprint density at radius 3 is 2.71 bits per heavy atom. The van der Waals surface area contributed by atoms with Crippen molar-refractivity contribution in [3.63, 3.8) is 0 Å². The predicted molar refractivity (Wildman–Crippen MR) is 67.7 cm³/mol. The number of aromatic nitrogens is 3. The molecule has 0 unspecified atom stereocenters. The molecule has 2 aromatic heterocycles. The highest BCUT2D eigenvalue weighted by Gasteiger charge is 2.15. The van der Waals surface area contributed by atoms with Gasteiger partial charge >= 0.3 is 0 Å². The van der Waals surface area contributed by atoms with E-state index in [0.29, 0.717) is 27.6 Å². The number of aldehydes is 1. The van der Waals surface area contributed by atoms with Crippen LogP contribution in [0.5, 0.6) is 0 Å². The lowest BCUT2D eigenvalue weighted by Gasteiger charge is -1.99. The van der Waals surface area contributed by atoms with Gasteiger partial charge in [-0.1, -0.05) is 25.4 Å². The van der Waals surface area contributed by atoms with Crippen molar-refractivity contribution in [2.45, 2.75) is 33.1 Å². The van der Waals surface area contributed by atoms with Gasteiger partial charge in [0.05, 0.1) is 5.39 Å². The molecule has 0 saturated heterocycles. The molecule has 0 saturated carbocycles. The van der Waals surface area contributed by atoms with Gasteiger partial charge in [-0.25, -0.2) is 9.97 Å². The van der Waals surface area contributed by atoms with Gasteiger partial charge in [0.15, 0.2) is 6.29 Å². The number of carbonyl (C=O) groups is 1. The Labute approximate surface area is 104 Å². The lowest BCUT2D eigenvalue weighted by molar-refractivity contribution is 0.112. The fourth-order valence-corrected chi connectivity index (χ4v) is 2.20. The third kappa shape index (κ3) is 2.05. The Morgan fingerprint density at radius 1 is 1.35 bits per heavy atom. The van der Waals surface area contributed by atoms with Crippen LogP contribution >= 0.6 is 11.6 Å². The highest BCUT2D eigenvalue weighted by Crippen LogP contribution is 2.26. The van der Waals surface area contributed by atoms with Crippen molar-refractivity contribution in [3.05, 3.63) is 22.2 Å². The summed E-state index contributed by atoms with van der Waals surface area (Å²) in [5, 5.41) is 0.995. The molecule has 0 aliphatic rings. The summed E-state index contributed by atoms with van der Waals surface area (Å²) in [5.74, 6) is 0.714. The molecular formula is C12H14ClN3O. The zero-order valence-electron chi connectivity index (χ0n) is 9.88. The summed E-state index contributed by atoms with van der Waals surface area (Å²) in [6, 6.07) is 0. The Kier molecular flexibility index (Phi) is 3.43. The maximum atomic E-state index is 11.1. The largest absolute Gasteiger partial charge is 0.342 e. The number of H-pyrrole nitrogens is 1. The zero-order chi connectivity index (χ0) is 12.4. The van der Waals surface area contributed by atoms with E-state index in [1.807, 2.05) is 6.92 Å². The van der Waals surface area contributed by atoms with Crippen LogP contribution in [-0.4, -0.2) is 21.2 Å². The zero-order valence-corrected chi connectivity index (χ0v) is 10.6. The van der Waals surface area contributed by atoms with Crippen molar-refractivity contribution in [1.29, 1.82) is 0 Å². The molecular weight excluding hydrogens is 238 g/mol. The smallest absolute Gasteiger partial charge is 0.152 e. The molecule has 0 radical (unpaired) electrons. The van der Waals surface area contributed by atoms with Gasteiger partial charge in [0, 0.05) is 17.7 Å². The van der Waals surface area contributed by atoms with Crippen LogP contribution in [0.4, 0.5) is 0 Å². The normalized spacial score (nSPS) is 11.0. The molecule has 2 rings (SSSR count). The van der Waals surface area contributed by atoms with E-state index in [1.165, 1.54) is 0 Å². The van der Waals surface area contributed by atoms with Crippen LogP contribution in [0.1, 0.15) is 42.1 Å². The van der Waals surface area contributed by atoms with Crippen molar-refractivity contribution in [3.8, 4) is 0 Å². The Bertz CT molecular complexity index is 562. The number of aryl methyl sites for hydroxylation is 2. The summed E-state index contributed by atoms with van der Waals surface area (Å²) in [6.07, 6.45) is 3.30. The van der Waals surface area contributed by atoms with E-state index in [0.717, 1.165) is 31.2 Å². The van der Waals surface area contributed by atoms with E-state index in [4.69, 9.17) is 11.6 Å². The van der Waals surface area contributed by atoms with Gasteiger partial charge < -0.3 is 4.98 Å². The van der Waals surface area contributed by atoms with E-state index < -0.39 is 0 Å². The molecule has 0 spiro atoms. The summed E-state index contributed by atoms with van der Waals surface area (Å²) in [4.78, 5) is 22.8. The monoisotopic (exact) mass is 251 g/mol. The number of fused-ring (bicyclic) bond motifs is 1. The molecule has 1 N–H and O–H groups in total. The third-order valence-corrected chi connectivity index (χ3v) is 2.99. The maximum Gasteiger partial charge on any atom is 0.152 e. The van der Waals surface area contributed by atoms with Crippen LogP contribution < -0.4 is 0 Å². The summed E-state index contributed by atoms with van der Waals surface area (Å²) < 4.78 is 0. The first kappa shape index (κ1) is 12.0. The molecule has 2 aromatic rings. The SMILES string of the molecule is CCCc1nc(Cl)c2c(C=O)c(CC)[nH]c2n1. The molecule has 90 valence electrons. The average molecular weight is 252 g/mol. The molecule has 0 aliphatic heterocycles. The summed E-state index contributed by atoms with van der Waals surface area (Å²) in [6.45, 7) is 4.04. The van der Waals surface area contributed by atoms with E-state index in [2.05, 4.69) is 21.9 Å². The predicted octanol–water partition coefficient (Wildman–Crippen LogP) is 2.94. The molecule has 0 aromatic carbocycles. The van der Waals surface area contributed by atoms with Crippen LogP contribution in [0.2, 0.25) is 5.15 Å². The highest BCUT2D eigenvalue weighted by atomic mass is 35.5. The van der Waals surface area contributed by atoms with Gasteiger partial charge in [0.25, 0.3) is 0 Å². The fraction of sp³-hybridized carbons (Fsp3) is 0.417. The minimum atomic E-state index is 0.358. The van der Waals surface area contributed by atoms with Gasteiger partial charge in [-0.3, -0.25) is 4.79 Å². The Balaban J connectivity index is 2.69. The number of hydrogen-bond donors (Lipinski definition) is 1. The van der Waals surface area contributed by atoms with Crippen LogP contribution in [0, 0.1) is 0 Å². The van der Waals surface area contributed by atoms with E-state index >= 15 is 0 Å². The van der Waals surface area contributed by atoms with Crippen LogP contribution in [0.3, 0.4) is 0 Å². The number of halogens is 1. The molecule has 2 heterocycles. The minimum absolute atomic E-state index is 0.358. The number of rotatable bonds is 4. The summed E-state index contributed by atoms with van der Waals surface area (Å²) in [7, 11) is 0. The number of aromatic amines is 1. The van der Waals surface area contributed by atoms with Crippen LogP contribution in [-0.2, 0) is 12.8 Å². The van der Waals surface area contributed by atoms with Crippen LogP contribution in [0.15, 0.2) is 0 Å². The van der Waals surface area contributed by atoms with Gasteiger partial charge in [-0.2, -0.15) is 0 Å². The lowest BCUT2D eigenvalue weighted by Crippen LogP contribution is -1.95. The first-order chi connectivity index (χ1) is 8.21. The number of nitrogens with one attached hydrogen (secondary N) is 1. The standard InChI is InChI=1S/C12H14ClN3O/c1-3-5-9-15-11(13)10-7(6-17)8(4-2)14-12(10)16-9/h6H,3-5H2,1-2H3,(H,14,15,16). The van der Waals surface area contributed by atoms with Crippen molar-refractivity contribution in [1.82, 2.24) is 15.0 Å². The minimum Gasteiger partial charge on any atom is -0.342 e. The van der Waals surface area contributed by atoms with E-state index in [-0.39, 0.29) is 0 Å². The van der Waals surface area contributed by atoms with Crippen molar-refractivity contribution >= 4 is 28.9 Å². The lowest BCUT2D eigenvalue weighted by atomic mass is 10.2. The highest BCUT2D eigenvalue weighted by molar-refractivity contribution is 6.35. The molecule has 0 atom stereocenters. The quantitative estimate of drug-likeness (QED) is 0.671. The Morgan fingerprint density at radius 2 is 2.12 bits per heavy atom. The molecule has 0 fully saturated rings. The van der Waals surface area contributed by atoms with Gasteiger partial charge in [0.2, 0.25) is 0 Å². The van der Waals surface area contributed by atoms with Gasteiger partial charge in [0.1, 0.15) is 16.6 Å². The summed E-state index contributed by atoms with van der Waals surface area (Å²) >= 11 is 6.12. The van der Waals surface area contributed by atoms with E-state index in [1.54, 1.807) is 0 Å². The number of nitrogens with zero attached hydrogens (tertiary/aromatic N) is 2. The van der Waals surface area contributed by atoms with Gasteiger partial charge in [-0.15, -0.1) is 0 Å².